The number of amides is 1. The van der Waals surface area contributed by atoms with E-state index in [1.165, 1.54) is 13.5 Å². The first-order valence-corrected chi connectivity index (χ1v) is 13.8. The van der Waals surface area contributed by atoms with Crippen molar-refractivity contribution in [3.63, 3.8) is 0 Å². The van der Waals surface area contributed by atoms with Gasteiger partial charge in [-0.2, -0.15) is 0 Å². The van der Waals surface area contributed by atoms with Crippen LogP contribution in [-0.4, -0.2) is 43.1 Å². The van der Waals surface area contributed by atoms with Crippen molar-refractivity contribution in [1.82, 2.24) is 10.3 Å². The highest BCUT2D eigenvalue weighted by Crippen LogP contribution is 2.34. The van der Waals surface area contributed by atoms with Crippen LogP contribution in [0.2, 0.25) is 10.0 Å². The van der Waals surface area contributed by atoms with Crippen molar-refractivity contribution in [2.45, 2.75) is 31.7 Å². The van der Waals surface area contributed by atoms with E-state index in [0.29, 0.717) is 26.9 Å². The fraction of sp³-hybridized carbons (Fsp3) is 0.258. The van der Waals surface area contributed by atoms with Crippen LogP contribution in [0.25, 0.3) is 22.2 Å². The van der Waals surface area contributed by atoms with E-state index in [1.54, 1.807) is 24.3 Å². The summed E-state index contributed by atoms with van der Waals surface area (Å²) in [6, 6.07) is 21.6. The predicted molar refractivity (Wildman–Crippen MR) is 157 cm³/mol. The molecule has 1 atom stereocenters. The van der Waals surface area contributed by atoms with Crippen LogP contribution in [-0.2, 0) is 16.0 Å². The number of anilines is 1. The summed E-state index contributed by atoms with van der Waals surface area (Å²) in [6.45, 7) is 1.83. The Labute approximate surface area is 237 Å². The number of pyridine rings is 1. The van der Waals surface area contributed by atoms with E-state index in [4.69, 9.17) is 32.9 Å². The summed E-state index contributed by atoms with van der Waals surface area (Å²) in [4.78, 5) is 33.1. The summed E-state index contributed by atoms with van der Waals surface area (Å²) in [7, 11) is 1.33. The van der Waals surface area contributed by atoms with Gasteiger partial charge in [0.05, 0.1) is 33.9 Å². The van der Waals surface area contributed by atoms with Crippen molar-refractivity contribution in [2.24, 2.45) is 0 Å². The summed E-state index contributed by atoms with van der Waals surface area (Å²) >= 11 is 12.8. The molecule has 0 aliphatic carbocycles. The van der Waals surface area contributed by atoms with Crippen molar-refractivity contribution in [2.75, 3.05) is 25.1 Å². The fourth-order valence-electron chi connectivity index (χ4n) is 5.07. The molecule has 39 heavy (non-hydrogen) atoms. The van der Waals surface area contributed by atoms with E-state index in [1.807, 2.05) is 48.5 Å². The number of fused-ring (bicyclic) bond motifs is 1. The highest BCUT2D eigenvalue weighted by Gasteiger charge is 2.25. The van der Waals surface area contributed by atoms with Gasteiger partial charge in [-0.1, -0.05) is 53.5 Å². The van der Waals surface area contributed by atoms with Crippen molar-refractivity contribution in [3.05, 3.63) is 94.0 Å². The Morgan fingerprint density at radius 3 is 2.44 bits per heavy atom. The molecule has 0 radical (unpaired) electrons. The number of nitrogens with zero attached hydrogens (tertiary/aromatic N) is 2. The van der Waals surface area contributed by atoms with E-state index in [9.17, 15) is 9.59 Å². The van der Waals surface area contributed by atoms with Gasteiger partial charge in [-0.25, -0.2) is 9.78 Å². The lowest BCUT2D eigenvalue weighted by atomic mass is 10.0. The summed E-state index contributed by atoms with van der Waals surface area (Å²) in [5.74, 6) is -0.795. The first kappa shape index (κ1) is 27.0. The number of carbonyl (C=O) groups excluding carboxylic acids is 2. The van der Waals surface area contributed by atoms with E-state index < -0.39 is 12.0 Å². The number of rotatable bonds is 7. The van der Waals surface area contributed by atoms with Gasteiger partial charge in [0.2, 0.25) is 0 Å². The second-order valence-electron chi connectivity index (χ2n) is 9.64. The van der Waals surface area contributed by atoms with Crippen LogP contribution >= 0.6 is 23.2 Å². The summed E-state index contributed by atoms with van der Waals surface area (Å²) in [5.41, 5.74) is 4.45. The quantitative estimate of drug-likeness (QED) is 0.254. The van der Waals surface area contributed by atoms with Gasteiger partial charge in [0.15, 0.2) is 0 Å². The molecule has 0 bridgehead atoms. The smallest absolute Gasteiger partial charge is 0.328 e. The average Bonchev–Trinajstić information content (AvgIpc) is 2.96. The van der Waals surface area contributed by atoms with Crippen LogP contribution in [0.4, 0.5) is 5.69 Å². The normalized spacial score (nSPS) is 14.2. The third kappa shape index (κ3) is 6.02. The van der Waals surface area contributed by atoms with Crippen LogP contribution < -0.4 is 10.2 Å². The van der Waals surface area contributed by atoms with Crippen molar-refractivity contribution in [1.29, 1.82) is 0 Å². The highest BCUT2D eigenvalue weighted by atomic mass is 35.5. The Bertz CT molecular complexity index is 1500. The number of para-hydroxylation sites is 1. The first-order chi connectivity index (χ1) is 18.9. The molecule has 4 aromatic rings. The molecule has 0 saturated carbocycles. The lowest BCUT2D eigenvalue weighted by Gasteiger charge is -2.30. The van der Waals surface area contributed by atoms with Gasteiger partial charge >= 0.3 is 5.97 Å². The van der Waals surface area contributed by atoms with E-state index >= 15 is 0 Å². The molecule has 6 nitrogen and oxygen atoms in total. The first-order valence-electron chi connectivity index (χ1n) is 13.0. The lowest BCUT2D eigenvalue weighted by molar-refractivity contribution is -0.142. The molecular weight excluding hydrogens is 533 g/mol. The molecule has 5 rings (SSSR count). The van der Waals surface area contributed by atoms with E-state index in [2.05, 4.69) is 10.2 Å². The number of methoxy groups -OCH3 is 1. The minimum atomic E-state index is -0.844. The van der Waals surface area contributed by atoms with Crippen LogP contribution in [0.5, 0.6) is 0 Å². The SMILES string of the molecule is COC(=O)[C@H](Cc1ccc2nc(-c3c(Cl)cccc3Cl)ccc2c1)NC(=O)c1ccccc1N1CCCCC1. The average molecular weight is 562 g/mol. The molecule has 3 aromatic carbocycles. The Morgan fingerprint density at radius 2 is 1.69 bits per heavy atom. The number of esters is 1. The Balaban J connectivity index is 1.37. The molecule has 1 aliphatic rings. The van der Waals surface area contributed by atoms with Gasteiger partial charge < -0.3 is 15.0 Å². The standard InChI is InChI=1S/C31H29Cl2N3O3/c1-39-31(38)27(35-30(37)22-8-3-4-11-28(22)36-16-5-2-6-17-36)19-20-12-14-25-21(18-20)13-15-26(34-25)29-23(32)9-7-10-24(29)33/h3-4,7-15,18,27H,2,5-6,16-17,19H2,1H3,(H,35,37)/t27-/m0/s1. The molecule has 2 heterocycles. The number of halogens is 2. The van der Waals surface area contributed by atoms with Gasteiger partial charge in [-0.05, 0) is 67.3 Å². The van der Waals surface area contributed by atoms with Gasteiger partial charge in [0, 0.05) is 36.1 Å². The summed E-state index contributed by atoms with van der Waals surface area (Å²) in [5, 5.41) is 4.88. The zero-order chi connectivity index (χ0) is 27.4. The molecular formula is C31H29Cl2N3O3. The molecule has 1 aromatic heterocycles. The molecule has 1 aliphatic heterocycles. The number of aromatic nitrogens is 1. The van der Waals surface area contributed by atoms with Crippen LogP contribution in [0, 0.1) is 0 Å². The molecule has 200 valence electrons. The maximum atomic E-state index is 13.4. The highest BCUT2D eigenvalue weighted by molar-refractivity contribution is 6.39. The summed E-state index contributed by atoms with van der Waals surface area (Å²) in [6.07, 6.45) is 3.68. The third-order valence-corrected chi connectivity index (χ3v) is 7.68. The second-order valence-corrected chi connectivity index (χ2v) is 10.5. The third-order valence-electron chi connectivity index (χ3n) is 7.05. The molecule has 1 saturated heterocycles. The van der Waals surface area contributed by atoms with Crippen molar-refractivity contribution >= 4 is 51.7 Å². The lowest BCUT2D eigenvalue weighted by Crippen LogP contribution is -2.43. The molecule has 1 fully saturated rings. The molecule has 1 N–H and O–H groups in total. The Morgan fingerprint density at radius 1 is 0.949 bits per heavy atom. The zero-order valence-corrected chi connectivity index (χ0v) is 23.1. The van der Waals surface area contributed by atoms with Crippen LogP contribution in [0.15, 0.2) is 72.8 Å². The van der Waals surface area contributed by atoms with Gasteiger partial charge in [0.1, 0.15) is 6.04 Å². The maximum Gasteiger partial charge on any atom is 0.328 e. The summed E-state index contributed by atoms with van der Waals surface area (Å²) < 4.78 is 5.04. The number of hydrogen-bond donors (Lipinski definition) is 1. The topological polar surface area (TPSA) is 71.5 Å². The predicted octanol–water partition coefficient (Wildman–Crippen LogP) is 6.71. The number of ether oxygens (including phenoxy) is 1. The van der Waals surface area contributed by atoms with Crippen molar-refractivity contribution in [3.8, 4) is 11.3 Å². The minimum Gasteiger partial charge on any atom is -0.467 e. The second kappa shape index (κ2) is 12.1. The number of hydrogen-bond acceptors (Lipinski definition) is 5. The van der Waals surface area contributed by atoms with Crippen LogP contribution in [0.1, 0.15) is 35.2 Å². The Kier molecular flexibility index (Phi) is 8.34. The number of benzene rings is 3. The van der Waals surface area contributed by atoms with Crippen molar-refractivity contribution < 1.29 is 14.3 Å². The fourth-order valence-corrected chi connectivity index (χ4v) is 5.66. The van der Waals surface area contributed by atoms with Gasteiger partial charge in [-0.3, -0.25) is 4.79 Å². The molecule has 0 spiro atoms. The molecule has 8 heteroatoms. The van der Waals surface area contributed by atoms with Gasteiger partial charge in [-0.15, -0.1) is 0 Å². The Hall–Kier alpha value is -3.61. The zero-order valence-electron chi connectivity index (χ0n) is 21.6. The number of piperidine rings is 1. The largest absolute Gasteiger partial charge is 0.467 e. The monoisotopic (exact) mass is 561 g/mol. The van der Waals surface area contributed by atoms with E-state index in [-0.39, 0.29) is 12.3 Å². The maximum absolute atomic E-state index is 13.4. The number of carbonyl (C=O) groups is 2. The van der Waals surface area contributed by atoms with E-state index in [0.717, 1.165) is 48.1 Å². The van der Waals surface area contributed by atoms with Crippen LogP contribution in [0.3, 0.4) is 0 Å². The van der Waals surface area contributed by atoms with Gasteiger partial charge in [0.25, 0.3) is 5.91 Å². The molecule has 1 amide bonds. The molecule has 0 unspecified atom stereocenters. The minimum absolute atomic E-state index is 0.276. The number of nitrogens with one attached hydrogen (secondary N) is 1.